The number of rotatable bonds is 3. The van der Waals surface area contributed by atoms with E-state index in [1.54, 1.807) is 6.20 Å². The van der Waals surface area contributed by atoms with Gasteiger partial charge in [0.05, 0.1) is 0 Å². The molecule has 0 spiro atoms. The Labute approximate surface area is 85.9 Å². The van der Waals surface area contributed by atoms with E-state index in [1.807, 2.05) is 6.07 Å². The van der Waals surface area contributed by atoms with Crippen LogP contribution < -0.4 is 5.32 Å². The fraction of sp³-hybridized carbons (Fsp3) is 0.667. The van der Waals surface area contributed by atoms with Gasteiger partial charge in [0, 0.05) is 46.8 Å². The van der Waals surface area contributed by atoms with Gasteiger partial charge in [0.25, 0.3) is 0 Å². The average Bonchev–Trinajstić information content (AvgIpc) is 2.70. The van der Waals surface area contributed by atoms with Crippen LogP contribution in [0.25, 0.3) is 0 Å². The number of hydrogen-bond acceptors (Lipinski definition) is 3. The van der Waals surface area contributed by atoms with Crippen LogP contribution in [0.2, 0.25) is 0 Å². The van der Waals surface area contributed by atoms with E-state index in [-0.39, 0.29) is 0 Å². The van der Waals surface area contributed by atoms with Gasteiger partial charge in [-0.1, -0.05) is 0 Å². The van der Waals surface area contributed by atoms with E-state index in [4.69, 9.17) is 0 Å². The summed E-state index contributed by atoms with van der Waals surface area (Å²) in [6.07, 6.45) is 3.81. The lowest BCUT2D eigenvalue weighted by atomic mass is 10.1. The van der Waals surface area contributed by atoms with Crippen LogP contribution in [0.1, 0.15) is 18.5 Å². The summed E-state index contributed by atoms with van der Waals surface area (Å²) in [4.78, 5) is 0. The lowest BCUT2D eigenvalue weighted by molar-refractivity contribution is 0.472. The SMILES string of the molecule is O=S1CCC(NCc2ccn[nH]2)CC1. The second-order valence-corrected chi connectivity index (χ2v) is 5.28. The van der Waals surface area contributed by atoms with Crippen molar-refractivity contribution in [3.63, 3.8) is 0 Å². The molecule has 0 unspecified atom stereocenters. The third kappa shape index (κ3) is 2.65. The Morgan fingerprint density at radius 1 is 1.57 bits per heavy atom. The molecule has 0 aliphatic carbocycles. The van der Waals surface area contributed by atoms with E-state index in [2.05, 4.69) is 15.5 Å². The van der Waals surface area contributed by atoms with Crippen LogP contribution in [-0.2, 0) is 17.3 Å². The number of nitrogens with zero attached hydrogens (tertiary/aromatic N) is 1. The quantitative estimate of drug-likeness (QED) is 0.764. The molecule has 1 aliphatic rings. The first-order chi connectivity index (χ1) is 6.84. The normalized spacial score (nSPS) is 27.7. The van der Waals surface area contributed by atoms with Crippen molar-refractivity contribution in [2.75, 3.05) is 11.5 Å². The molecule has 1 aromatic heterocycles. The molecule has 0 radical (unpaired) electrons. The molecule has 14 heavy (non-hydrogen) atoms. The first kappa shape index (κ1) is 9.86. The summed E-state index contributed by atoms with van der Waals surface area (Å²) >= 11 is 0. The summed E-state index contributed by atoms with van der Waals surface area (Å²) in [5.74, 6) is 1.70. The molecule has 1 fully saturated rings. The van der Waals surface area contributed by atoms with E-state index in [0.717, 1.165) is 36.6 Å². The van der Waals surface area contributed by atoms with Crippen LogP contribution in [0.3, 0.4) is 0 Å². The van der Waals surface area contributed by atoms with Gasteiger partial charge in [0.1, 0.15) is 0 Å². The lowest BCUT2D eigenvalue weighted by Gasteiger charge is -2.22. The fourth-order valence-corrected chi connectivity index (χ4v) is 2.93. The molecular weight excluding hydrogens is 198 g/mol. The molecular formula is C9H15N3OS. The number of H-pyrrole nitrogens is 1. The molecule has 4 nitrogen and oxygen atoms in total. The summed E-state index contributed by atoms with van der Waals surface area (Å²) in [7, 11) is -0.561. The highest BCUT2D eigenvalue weighted by atomic mass is 32.2. The molecule has 1 aromatic rings. The topological polar surface area (TPSA) is 57.8 Å². The molecule has 0 atom stereocenters. The zero-order valence-corrected chi connectivity index (χ0v) is 8.85. The molecule has 5 heteroatoms. The minimum atomic E-state index is -0.561. The monoisotopic (exact) mass is 213 g/mol. The Morgan fingerprint density at radius 3 is 3.00 bits per heavy atom. The summed E-state index contributed by atoms with van der Waals surface area (Å²) in [6.45, 7) is 0.831. The number of aromatic nitrogens is 2. The third-order valence-electron chi connectivity index (χ3n) is 2.53. The van der Waals surface area contributed by atoms with Gasteiger partial charge < -0.3 is 5.32 Å². The van der Waals surface area contributed by atoms with Crippen molar-refractivity contribution in [2.24, 2.45) is 0 Å². The van der Waals surface area contributed by atoms with Gasteiger partial charge in [-0.2, -0.15) is 5.10 Å². The van der Waals surface area contributed by atoms with Gasteiger partial charge in [-0.3, -0.25) is 9.31 Å². The molecule has 1 aliphatic heterocycles. The number of nitrogens with one attached hydrogen (secondary N) is 2. The minimum absolute atomic E-state index is 0.524. The van der Waals surface area contributed by atoms with Crippen LogP contribution >= 0.6 is 0 Å². The lowest BCUT2D eigenvalue weighted by Crippen LogP contribution is -2.35. The smallest absolute Gasteiger partial charge is 0.0490 e. The van der Waals surface area contributed by atoms with Crippen molar-refractivity contribution in [1.29, 1.82) is 0 Å². The fourth-order valence-electron chi connectivity index (χ4n) is 1.64. The third-order valence-corrected chi connectivity index (χ3v) is 3.91. The van der Waals surface area contributed by atoms with Crippen molar-refractivity contribution >= 4 is 10.8 Å². The summed E-state index contributed by atoms with van der Waals surface area (Å²) in [5.41, 5.74) is 1.11. The van der Waals surface area contributed by atoms with Gasteiger partial charge in [-0.05, 0) is 18.9 Å². The first-order valence-electron chi connectivity index (χ1n) is 4.91. The highest BCUT2D eigenvalue weighted by molar-refractivity contribution is 7.85. The maximum atomic E-state index is 11.1. The first-order valence-corrected chi connectivity index (χ1v) is 6.40. The predicted octanol–water partition coefficient (Wildman–Crippen LogP) is 0.410. The van der Waals surface area contributed by atoms with E-state index >= 15 is 0 Å². The molecule has 2 heterocycles. The Bertz CT molecular complexity index is 289. The van der Waals surface area contributed by atoms with Gasteiger partial charge in [-0.25, -0.2) is 0 Å². The second kappa shape index (κ2) is 4.70. The van der Waals surface area contributed by atoms with E-state index < -0.39 is 10.8 Å². The maximum absolute atomic E-state index is 11.1. The van der Waals surface area contributed by atoms with Gasteiger partial charge >= 0.3 is 0 Å². The second-order valence-electron chi connectivity index (χ2n) is 3.59. The van der Waals surface area contributed by atoms with Crippen molar-refractivity contribution in [1.82, 2.24) is 15.5 Å². The van der Waals surface area contributed by atoms with Crippen molar-refractivity contribution in [3.8, 4) is 0 Å². The van der Waals surface area contributed by atoms with E-state index in [1.165, 1.54) is 0 Å². The molecule has 2 N–H and O–H groups in total. The minimum Gasteiger partial charge on any atom is -0.308 e. The summed E-state index contributed by atoms with van der Waals surface area (Å²) < 4.78 is 11.1. The average molecular weight is 213 g/mol. The Balaban J connectivity index is 1.73. The van der Waals surface area contributed by atoms with Crippen LogP contribution in [-0.4, -0.2) is 32.0 Å². The molecule has 0 bridgehead atoms. The van der Waals surface area contributed by atoms with Crippen LogP contribution in [0.5, 0.6) is 0 Å². The summed E-state index contributed by atoms with van der Waals surface area (Å²) in [6, 6.07) is 2.49. The van der Waals surface area contributed by atoms with Crippen LogP contribution in [0.4, 0.5) is 0 Å². The summed E-state index contributed by atoms with van der Waals surface area (Å²) in [5, 5.41) is 10.2. The Morgan fingerprint density at radius 2 is 2.36 bits per heavy atom. The number of hydrogen-bond donors (Lipinski definition) is 2. The molecule has 0 aromatic carbocycles. The van der Waals surface area contributed by atoms with Crippen LogP contribution in [0.15, 0.2) is 12.3 Å². The van der Waals surface area contributed by atoms with Gasteiger partial charge in [0.2, 0.25) is 0 Å². The number of aromatic amines is 1. The Kier molecular flexibility index (Phi) is 3.31. The Hall–Kier alpha value is -0.680. The van der Waals surface area contributed by atoms with Crippen molar-refractivity contribution in [3.05, 3.63) is 18.0 Å². The van der Waals surface area contributed by atoms with Crippen LogP contribution in [0, 0.1) is 0 Å². The molecule has 0 saturated carbocycles. The van der Waals surface area contributed by atoms with Crippen molar-refractivity contribution in [2.45, 2.75) is 25.4 Å². The standard InChI is InChI=1S/C9H15N3OS/c13-14-5-2-8(3-6-14)10-7-9-1-4-11-12-9/h1,4,8,10H,2-3,5-7H2,(H,11,12). The van der Waals surface area contributed by atoms with E-state index in [9.17, 15) is 4.21 Å². The largest absolute Gasteiger partial charge is 0.308 e. The van der Waals surface area contributed by atoms with Gasteiger partial charge in [0.15, 0.2) is 0 Å². The zero-order valence-electron chi connectivity index (χ0n) is 8.03. The zero-order chi connectivity index (χ0) is 9.80. The molecule has 0 amide bonds. The predicted molar refractivity (Wildman–Crippen MR) is 56.3 cm³/mol. The molecule has 1 saturated heterocycles. The highest BCUT2D eigenvalue weighted by Crippen LogP contribution is 2.09. The molecule has 2 rings (SSSR count). The maximum Gasteiger partial charge on any atom is 0.0490 e. The highest BCUT2D eigenvalue weighted by Gasteiger charge is 2.16. The van der Waals surface area contributed by atoms with Gasteiger partial charge in [-0.15, -0.1) is 0 Å². The molecule has 78 valence electrons. The van der Waals surface area contributed by atoms with Crippen molar-refractivity contribution < 1.29 is 4.21 Å². The van der Waals surface area contributed by atoms with E-state index in [0.29, 0.717) is 6.04 Å².